The SMILES string of the molecule is CCOC(C)(CC)c1nc(CC)c(I)c(=O)[nH]1. The van der Waals surface area contributed by atoms with Crippen LogP contribution in [0.1, 0.15) is 45.6 Å². The van der Waals surface area contributed by atoms with Gasteiger partial charge in [0.15, 0.2) is 0 Å². The van der Waals surface area contributed by atoms with E-state index in [2.05, 4.69) is 9.97 Å². The van der Waals surface area contributed by atoms with E-state index < -0.39 is 5.60 Å². The first-order valence-corrected chi connectivity index (χ1v) is 6.99. The van der Waals surface area contributed by atoms with Crippen LogP contribution >= 0.6 is 22.6 Å². The van der Waals surface area contributed by atoms with Crippen LogP contribution in [0.15, 0.2) is 4.79 Å². The zero-order valence-electron chi connectivity index (χ0n) is 10.8. The molecule has 1 rings (SSSR count). The van der Waals surface area contributed by atoms with Crippen molar-refractivity contribution < 1.29 is 4.74 Å². The second kappa shape index (κ2) is 5.95. The summed E-state index contributed by atoms with van der Waals surface area (Å²) in [5.41, 5.74) is 0.248. The highest BCUT2D eigenvalue weighted by atomic mass is 127. The summed E-state index contributed by atoms with van der Waals surface area (Å²) in [6, 6.07) is 0. The third-order valence-electron chi connectivity index (χ3n) is 2.90. The zero-order valence-corrected chi connectivity index (χ0v) is 12.9. The van der Waals surface area contributed by atoms with Crippen molar-refractivity contribution in [2.24, 2.45) is 0 Å². The highest BCUT2D eigenvalue weighted by molar-refractivity contribution is 14.1. The van der Waals surface area contributed by atoms with Crippen molar-refractivity contribution in [2.75, 3.05) is 6.61 Å². The molecule has 0 saturated heterocycles. The summed E-state index contributed by atoms with van der Waals surface area (Å²) in [5.74, 6) is 0.629. The summed E-state index contributed by atoms with van der Waals surface area (Å²) in [4.78, 5) is 19.2. The van der Waals surface area contributed by atoms with Crippen molar-refractivity contribution in [1.82, 2.24) is 9.97 Å². The smallest absolute Gasteiger partial charge is 0.264 e. The first kappa shape index (κ1) is 14.6. The van der Waals surface area contributed by atoms with Crippen LogP contribution in [-0.4, -0.2) is 16.6 Å². The maximum Gasteiger partial charge on any atom is 0.264 e. The maximum absolute atomic E-state index is 11.8. The zero-order chi connectivity index (χ0) is 13.1. The van der Waals surface area contributed by atoms with Gasteiger partial charge in [-0.25, -0.2) is 4.98 Å². The Balaban J connectivity index is 3.31. The largest absolute Gasteiger partial charge is 0.368 e. The van der Waals surface area contributed by atoms with Crippen LogP contribution in [0.2, 0.25) is 0 Å². The minimum atomic E-state index is -0.512. The quantitative estimate of drug-likeness (QED) is 0.831. The van der Waals surface area contributed by atoms with E-state index in [1.807, 2.05) is 50.3 Å². The molecule has 1 atom stereocenters. The Kier molecular flexibility index (Phi) is 5.12. The molecular formula is C12H19IN2O2. The molecule has 0 saturated carbocycles. The number of ether oxygens (including phenoxy) is 1. The van der Waals surface area contributed by atoms with Crippen LogP contribution in [0.25, 0.3) is 0 Å². The van der Waals surface area contributed by atoms with Crippen molar-refractivity contribution in [1.29, 1.82) is 0 Å². The molecule has 0 aliphatic carbocycles. The van der Waals surface area contributed by atoms with Crippen LogP contribution in [-0.2, 0) is 16.8 Å². The Bertz CT molecular complexity index is 445. The number of halogens is 1. The van der Waals surface area contributed by atoms with Gasteiger partial charge in [-0.1, -0.05) is 13.8 Å². The summed E-state index contributed by atoms with van der Waals surface area (Å²) in [6.07, 6.45) is 1.52. The second-order valence-electron chi connectivity index (χ2n) is 4.05. The molecule has 1 aromatic rings. The molecule has 0 spiro atoms. The molecule has 0 bridgehead atoms. The number of nitrogens with one attached hydrogen (secondary N) is 1. The summed E-state index contributed by atoms with van der Waals surface area (Å²) in [5, 5.41) is 0. The van der Waals surface area contributed by atoms with Crippen LogP contribution < -0.4 is 5.56 Å². The maximum atomic E-state index is 11.8. The summed E-state index contributed by atoms with van der Waals surface area (Å²) in [7, 11) is 0. The number of nitrogens with zero attached hydrogens (tertiary/aromatic N) is 1. The molecule has 0 aliphatic rings. The van der Waals surface area contributed by atoms with E-state index in [4.69, 9.17) is 4.74 Å². The molecule has 5 heteroatoms. The van der Waals surface area contributed by atoms with Crippen LogP contribution in [0.5, 0.6) is 0 Å². The van der Waals surface area contributed by atoms with E-state index in [9.17, 15) is 4.79 Å². The number of aryl methyl sites for hydroxylation is 1. The molecule has 17 heavy (non-hydrogen) atoms. The Morgan fingerprint density at radius 1 is 1.41 bits per heavy atom. The fourth-order valence-electron chi connectivity index (χ4n) is 1.65. The molecule has 0 aliphatic heterocycles. The van der Waals surface area contributed by atoms with Gasteiger partial charge in [-0.2, -0.15) is 0 Å². The average Bonchev–Trinajstić information content (AvgIpc) is 2.32. The number of aromatic nitrogens is 2. The van der Waals surface area contributed by atoms with Crippen LogP contribution in [0.3, 0.4) is 0 Å². The van der Waals surface area contributed by atoms with Gasteiger partial charge < -0.3 is 9.72 Å². The first-order chi connectivity index (χ1) is 7.98. The highest BCUT2D eigenvalue weighted by Crippen LogP contribution is 2.25. The standard InChI is InChI=1S/C12H19IN2O2/c1-5-8-9(13)10(16)15-11(14-8)12(4,6-2)17-7-3/h5-7H2,1-4H3,(H,14,15,16). The normalized spacial score (nSPS) is 14.6. The summed E-state index contributed by atoms with van der Waals surface area (Å²) >= 11 is 2.04. The fourth-order valence-corrected chi connectivity index (χ4v) is 2.28. The van der Waals surface area contributed by atoms with E-state index in [1.54, 1.807) is 0 Å². The molecule has 1 heterocycles. The number of H-pyrrole nitrogens is 1. The first-order valence-electron chi connectivity index (χ1n) is 5.91. The van der Waals surface area contributed by atoms with Gasteiger partial charge in [-0.3, -0.25) is 4.79 Å². The predicted octanol–water partition coefficient (Wildman–Crippen LogP) is 2.60. The molecule has 1 unspecified atom stereocenters. The van der Waals surface area contributed by atoms with E-state index in [0.717, 1.165) is 18.5 Å². The summed E-state index contributed by atoms with van der Waals surface area (Å²) < 4.78 is 6.39. The minimum Gasteiger partial charge on any atom is -0.368 e. The molecule has 1 N–H and O–H groups in total. The van der Waals surface area contributed by atoms with Gasteiger partial charge in [0.25, 0.3) is 5.56 Å². The van der Waals surface area contributed by atoms with E-state index >= 15 is 0 Å². The average molecular weight is 350 g/mol. The lowest BCUT2D eigenvalue weighted by molar-refractivity contribution is -0.0393. The van der Waals surface area contributed by atoms with Crippen LogP contribution in [0.4, 0.5) is 0 Å². The lowest BCUT2D eigenvalue weighted by atomic mass is 10.0. The molecule has 0 amide bonds. The predicted molar refractivity (Wildman–Crippen MR) is 76.2 cm³/mol. The third kappa shape index (κ3) is 3.07. The van der Waals surface area contributed by atoms with Crippen molar-refractivity contribution >= 4 is 22.6 Å². The molecule has 1 aromatic heterocycles. The highest BCUT2D eigenvalue weighted by Gasteiger charge is 2.28. The molecule has 0 radical (unpaired) electrons. The number of hydrogen-bond donors (Lipinski definition) is 1. The van der Waals surface area contributed by atoms with Gasteiger partial charge in [0.2, 0.25) is 0 Å². The van der Waals surface area contributed by atoms with Gasteiger partial charge in [0.05, 0.1) is 9.26 Å². The topological polar surface area (TPSA) is 55.0 Å². The van der Waals surface area contributed by atoms with Crippen molar-refractivity contribution in [2.45, 2.75) is 46.1 Å². The van der Waals surface area contributed by atoms with E-state index in [0.29, 0.717) is 16.0 Å². The van der Waals surface area contributed by atoms with Crippen molar-refractivity contribution in [3.05, 3.63) is 25.4 Å². The van der Waals surface area contributed by atoms with Crippen molar-refractivity contribution in [3.8, 4) is 0 Å². The molecule has 0 aromatic carbocycles. The minimum absolute atomic E-state index is 0.0770. The Morgan fingerprint density at radius 2 is 2.06 bits per heavy atom. The number of rotatable bonds is 5. The van der Waals surface area contributed by atoms with Gasteiger partial charge in [0, 0.05) is 6.61 Å². The van der Waals surface area contributed by atoms with Gasteiger partial charge >= 0.3 is 0 Å². The lowest BCUT2D eigenvalue weighted by Crippen LogP contribution is -2.32. The number of aromatic amines is 1. The second-order valence-corrected chi connectivity index (χ2v) is 5.12. The Morgan fingerprint density at radius 3 is 2.53 bits per heavy atom. The summed E-state index contributed by atoms with van der Waals surface area (Å²) in [6.45, 7) is 8.53. The third-order valence-corrected chi connectivity index (χ3v) is 4.02. The molecule has 0 fully saturated rings. The van der Waals surface area contributed by atoms with E-state index in [1.165, 1.54) is 0 Å². The fraction of sp³-hybridized carbons (Fsp3) is 0.667. The molecule has 96 valence electrons. The molecule has 4 nitrogen and oxygen atoms in total. The number of hydrogen-bond acceptors (Lipinski definition) is 3. The monoisotopic (exact) mass is 350 g/mol. The van der Waals surface area contributed by atoms with Crippen molar-refractivity contribution in [3.63, 3.8) is 0 Å². The Labute approximate surface area is 115 Å². The van der Waals surface area contributed by atoms with Gasteiger partial charge in [0.1, 0.15) is 11.4 Å². The molecular weight excluding hydrogens is 331 g/mol. The Hall–Kier alpha value is -0.430. The lowest BCUT2D eigenvalue weighted by Gasteiger charge is -2.27. The van der Waals surface area contributed by atoms with Crippen LogP contribution in [0, 0.1) is 3.57 Å². The van der Waals surface area contributed by atoms with Gasteiger partial charge in [-0.15, -0.1) is 0 Å². The van der Waals surface area contributed by atoms with Gasteiger partial charge in [-0.05, 0) is 49.3 Å². The van der Waals surface area contributed by atoms with E-state index in [-0.39, 0.29) is 5.56 Å².